The first-order valence-electron chi connectivity index (χ1n) is 7.58. The molecule has 3 nitrogen and oxygen atoms in total. The maximum absolute atomic E-state index is 5.97. The maximum Gasteiger partial charge on any atom is 0.123 e. The molecular weight excluding hydrogens is 260 g/mol. The summed E-state index contributed by atoms with van der Waals surface area (Å²) in [7, 11) is 2.11. The van der Waals surface area contributed by atoms with Gasteiger partial charge >= 0.3 is 0 Å². The molecular formula is C18H26N2O. The highest BCUT2D eigenvalue weighted by Gasteiger charge is 2.11. The van der Waals surface area contributed by atoms with Crippen molar-refractivity contribution in [2.75, 3.05) is 18.5 Å². The lowest BCUT2D eigenvalue weighted by Gasteiger charge is -2.20. The maximum atomic E-state index is 5.97. The summed E-state index contributed by atoms with van der Waals surface area (Å²) in [4.78, 5) is 2.24. The Labute approximate surface area is 128 Å². The molecule has 0 fully saturated rings. The van der Waals surface area contributed by atoms with E-state index in [4.69, 9.17) is 4.42 Å². The third-order valence-corrected chi connectivity index (χ3v) is 3.76. The largest absolute Gasteiger partial charge is 0.463 e. The van der Waals surface area contributed by atoms with Gasteiger partial charge in [0.25, 0.3) is 0 Å². The van der Waals surface area contributed by atoms with Crippen molar-refractivity contribution < 1.29 is 4.42 Å². The third kappa shape index (κ3) is 3.88. The van der Waals surface area contributed by atoms with Crippen molar-refractivity contribution in [3.63, 3.8) is 0 Å². The van der Waals surface area contributed by atoms with E-state index >= 15 is 0 Å². The fraction of sp³-hybridized carbons (Fsp3) is 0.444. The monoisotopic (exact) mass is 286 g/mol. The molecule has 0 bridgehead atoms. The number of hydrogen-bond donors (Lipinski definition) is 1. The van der Waals surface area contributed by atoms with Crippen LogP contribution in [0.15, 0.2) is 28.7 Å². The van der Waals surface area contributed by atoms with Crippen LogP contribution >= 0.6 is 0 Å². The molecule has 3 heteroatoms. The molecule has 0 amide bonds. The second-order valence-electron chi connectivity index (χ2n) is 5.75. The summed E-state index contributed by atoms with van der Waals surface area (Å²) in [6.45, 7) is 11.0. The van der Waals surface area contributed by atoms with Crippen LogP contribution in [0.4, 0.5) is 5.69 Å². The lowest BCUT2D eigenvalue weighted by atomic mass is 10.1. The molecule has 21 heavy (non-hydrogen) atoms. The van der Waals surface area contributed by atoms with Gasteiger partial charge in [-0.15, -0.1) is 0 Å². The molecule has 1 N–H and O–H groups in total. The molecule has 0 aliphatic carbocycles. The van der Waals surface area contributed by atoms with Gasteiger partial charge in [-0.25, -0.2) is 0 Å². The lowest BCUT2D eigenvalue weighted by Crippen LogP contribution is -2.17. The number of hydrogen-bond acceptors (Lipinski definition) is 3. The average molecular weight is 286 g/mol. The van der Waals surface area contributed by atoms with E-state index in [1.54, 1.807) is 0 Å². The fourth-order valence-electron chi connectivity index (χ4n) is 2.63. The third-order valence-electron chi connectivity index (χ3n) is 3.76. The Morgan fingerprint density at radius 2 is 1.86 bits per heavy atom. The summed E-state index contributed by atoms with van der Waals surface area (Å²) >= 11 is 0. The highest BCUT2D eigenvalue weighted by molar-refractivity contribution is 5.53. The van der Waals surface area contributed by atoms with Crippen LogP contribution < -0.4 is 10.2 Å². The summed E-state index contributed by atoms with van der Waals surface area (Å²) in [5.74, 6) is 2.06. The van der Waals surface area contributed by atoms with Gasteiger partial charge in [0.15, 0.2) is 0 Å². The number of anilines is 1. The predicted molar refractivity (Wildman–Crippen MR) is 88.8 cm³/mol. The summed E-state index contributed by atoms with van der Waals surface area (Å²) in [5.41, 5.74) is 5.07. The minimum atomic E-state index is 0.789. The van der Waals surface area contributed by atoms with Crippen molar-refractivity contribution in [1.82, 2.24) is 5.32 Å². The highest BCUT2D eigenvalue weighted by atomic mass is 16.3. The fourth-order valence-corrected chi connectivity index (χ4v) is 2.63. The van der Waals surface area contributed by atoms with Gasteiger partial charge in [-0.05, 0) is 50.6 Å². The first-order chi connectivity index (χ1) is 10.0. The molecule has 0 radical (unpaired) electrons. The number of nitrogens with one attached hydrogen (secondary N) is 1. The van der Waals surface area contributed by atoms with Crippen LogP contribution in [0.25, 0.3) is 0 Å². The summed E-state index contributed by atoms with van der Waals surface area (Å²) in [6.07, 6.45) is 0. The van der Waals surface area contributed by atoms with Gasteiger partial charge in [0.2, 0.25) is 0 Å². The smallest absolute Gasteiger partial charge is 0.123 e. The van der Waals surface area contributed by atoms with E-state index in [0.29, 0.717) is 0 Å². The Kier molecular flexibility index (Phi) is 5.07. The number of aryl methyl sites for hydroxylation is 3. The highest BCUT2D eigenvalue weighted by Crippen LogP contribution is 2.23. The zero-order valence-electron chi connectivity index (χ0n) is 13.8. The van der Waals surface area contributed by atoms with Crippen LogP contribution in [-0.4, -0.2) is 13.6 Å². The zero-order valence-corrected chi connectivity index (χ0v) is 13.8. The van der Waals surface area contributed by atoms with Crippen LogP contribution in [0, 0.1) is 20.8 Å². The summed E-state index contributed by atoms with van der Waals surface area (Å²) in [5, 5.41) is 3.31. The first-order valence-corrected chi connectivity index (χ1v) is 7.58. The van der Waals surface area contributed by atoms with Gasteiger partial charge in [0.1, 0.15) is 11.5 Å². The van der Waals surface area contributed by atoms with Crippen LogP contribution in [0.1, 0.15) is 35.1 Å². The molecule has 114 valence electrons. The molecule has 2 aromatic rings. The van der Waals surface area contributed by atoms with Crippen LogP contribution in [0.2, 0.25) is 0 Å². The van der Waals surface area contributed by atoms with Crippen LogP contribution in [0.3, 0.4) is 0 Å². The van der Waals surface area contributed by atoms with Gasteiger partial charge in [0.05, 0.1) is 13.1 Å². The quantitative estimate of drug-likeness (QED) is 0.871. The number of rotatable bonds is 6. The predicted octanol–water partition coefficient (Wildman–Crippen LogP) is 3.95. The Bertz CT molecular complexity index is 601. The first kappa shape index (κ1) is 15.6. The Balaban J connectivity index is 2.10. The van der Waals surface area contributed by atoms with Crippen molar-refractivity contribution in [2.24, 2.45) is 0 Å². The molecule has 0 aliphatic rings. The van der Waals surface area contributed by atoms with Gasteiger partial charge in [-0.3, -0.25) is 0 Å². The molecule has 0 spiro atoms. The van der Waals surface area contributed by atoms with E-state index in [9.17, 15) is 0 Å². The number of benzene rings is 1. The molecule has 0 unspecified atom stereocenters. The van der Waals surface area contributed by atoms with E-state index in [2.05, 4.69) is 69.2 Å². The van der Waals surface area contributed by atoms with Gasteiger partial charge in [-0.1, -0.05) is 24.6 Å². The van der Waals surface area contributed by atoms with Gasteiger partial charge in [-0.2, -0.15) is 0 Å². The SMILES string of the molecule is CCNCc1oc(CN(C)c2ccc(C)cc2C)cc1C. The molecule has 2 rings (SSSR count). The van der Waals surface area contributed by atoms with Gasteiger partial charge in [0, 0.05) is 12.7 Å². The molecule has 0 aliphatic heterocycles. The minimum absolute atomic E-state index is 0.789. The summed E-state index contributed by atoms with van der Waals surface area (Å²) in [6, 6.07) is 8.70. The van der Waals surface area contributed by atoms with E-state index in [1.165, 1.54) is 22.4 Å². The van der Waals surface area contributed by atoms with Crippen molar-refractivity contribution in [3.05, 3.63) is 52.5 Å². The Morgan fingerprint density at radius 3 is 2.52 bits per heavy atom. The Hall–Kier alpha value is -1.74. The molecule has 0 atom stereocenters. The summed E-state index contributed by atoms with van der Waals surface area (Å²) < 4.78 is 5.97. The molecule has 0 saturated heterocycles. The van der Waals surface area contributed by atoms with Crippen molar-refractivity contribution >= 4 is 5.69 Å². The van der Waals surface area contributed by atoms with Gasteiger partial charge < -0.3 is 14.6 Å². The molecule has 1 aromatic carbocycles. The van der Waals surface area contributed by atoms with E-state index in [1.807, 2.05) is 0 Å². The van der Waals surface area contributed by atoms with Crippen molar-refractivity contribution in [2.45, 2.75) is 40.8 Å². The standard InChI is InChI=1S/C18H26N2O/c1-6-19-11-18-15(4)10-16(21-18)12-20(5)17-8-7-13(2)9-14(17)3/h7-10,19H,6,11-12H2,1-5H3. The number of furan rings is 1. The van der Waals surface area contributed by atoms with Crippen molar-refractivity contribution in [1.29, 1.82) is 0 Å². The van der Waals surface area contributed by atoms with E-state index in [-0.39, 0.29) is 0 Å². The van der Waals surface area contributed by atoms with E-state index < -0.39 is 0 Å². The van der Waals surface area contributed by atoms with E-state index in [0.717, 1.165) is 31.2 Å². The molecule has 1 aromatic heterocycles. The average Bonchev–Trinajstić information content (AvgIpc) is 2.76. The second-order valence-corrected chi connectivity index (χ2v) is 5.75. The second kappa shape index (κ2) is 6.81. The van der Waals surface area contributed by atoms with Crippen LogP contribution in [-0.2, 0) is 13.1 Å². The lowest BCUT2D eigenvalue weighted by molar-refractivity contribution is 0.446. The Morgan fingerprint density at radius 1 is 1.10 bits per heavy atom. The topological polar surface area (TPSA) is 28.4 Å². The van der Waals surface area contributed by atoms with Crippen molar-refractivity contribution in [3.8, 4) is 0 Å². The molecule has 1 heterocycles. The van der Waals surface area contributed by atoms with Crippen LogP contribution in [0.5, 0.6) is 0 Å². The normalized spacial score (nSPS) is 10.9. The number of nitrogens with zero attached hydrogens (tertiary/aromatic N) is 1. The molecule has 0 saturated carbocycles. The zero-order chi connectivity index (χ0) is 15.4. The minimum Gasteiger partial charge on any atom is -0.463 e.